The van der Waals surface area contributed by atoms with E-state index in [1.165, 1.54) is 0 Å². The molecular formula is C10H7BrF3NO3. The molecule has 1 aromatic carbocycles. The van der Waals surface area contributed by atoms with E-state index in [-0.39, 0.29) is 0 Å². The Hall–Kier alpha value is -1.44. The van der Waals surface area contributed by atoms with Crippen LogP contribution in [-0.4, -0.2) is 10.7 Å². The topological polar surface area (TPSA) is 60.2 Å². The van der Waals surface area contributed by atoms with E-state index in [0.717, 1.165) is 25.1 Å². The van der Waals surface area contributed by atoms with Crippen LogP contribution in [0.4, 0.5) is 18.9 Å². The number of hydrogen-bond donors (Lipinski definition) is 0. The number of ketones is 1. The van der Waals surface area contributed by atoms with Gasteiger partial charge in [0.15, 0.2) is 0 Å². The van der Waals surface area contributed by atoms with Crippen molar-refractivity contribution in [1.29, 1.82) is 0 Å². The van der Waals surface area contributed by atoms with Crippen molar-refractivity contribution >= 4 is 27.4 Å². The van der Waals surface area contributed by atoms with Crippen LogP contribution in [-0.2, 0) is 11.0 Å². The summed E-state index contributed by atoms with van der Waals surface area (Å²) in [7, 11) is 0. The third-order valence-electron chi connectivity index (χ3n) is 2.18. The molecule has 0 radical (unpaired) electrons. The normalized spacial score (nSPS) is 13.2. The molecular weight excluding hydrogens is 319 g/mol. The van der Waals surface area contributed by atoms with E-state index in [2.05, 4.69) is 15.9 Å². The summed E-state index contributed by atoms with van der Waals surface area (Å²) in [6.07, 6.45) is -4.90. The van der Waals surface area contributed by atoms with Gasteiger partial charge in [0.2, 0.25) is 0 Å². The summed E-state index contributed by atoms with van der Waals surface area (Å²) in [5.74, 6) is -0.569. The summed E-state index contributed by atoms with van der Waals surface area (Å²) in [6.45, 7) is 1.10. The van der Waals surface area contributed by atoms with E-state index in [4.69, 9.17) is 0 Å². The summed E-state index contributed by atoms with van der Waals surface area (Å²) in [5, 5.41) is 10.6. The first kappa shape index (κ1) is 14.6. The average molecular weight is 326 g/mol. The molecule has 0 saturated heterocycles. The highest BCUT2D eigenvalue weighted by Crippen LogP contribution is 2.42. The molecule has 18 heavy (non-hydrogen) atoms. The van der Waals surface area contributed by atoms with E-state index < -0.39 is 38.5 Å². The van der Waals surface area contributed by atoms with Gasteiger partial charge in [-0.15, -0.1) is 0 Å². The molecule has 1 atom stereocenters. The molecule has 0 aromatic heterocycles. The fraction of sp³-hybridized carbons (Fsp3) is 0.300. The third-order valence-corrected chi connectivity index (χ3v) is 3.32. The molecule has 1 rings (SSSR count). The molecule has 0 N–H and O–H groups in total. The Labute approximate surface area is 108 Å². The highest BCUT2D eigenvalue weighted by atomic mass is 79.9. The largest absolute Gasteiger partial charge is 0.423 e. The van der Waals surface area contributed by atoms with Gasteiger partial charge in [0.1, 0.15) is 11.3 Å². The zero-order chi connectivity index (χ0) is 14.1. The van der Waals surface area contributed by atoms with Crippen molar-refractivity contribution in [2.75, 3.05) is 0 Å². The van der Waals surface area contributed by atoms with Crippen LogP contribution in [0.15, 0.2) is 18.2 Å². The molecule has 0 bridgehead atoms. The van der Waals surface area contributed by atoms with Crippen LogP contribution in [0.5, 0.6) is 0 Å². The lowest BCUT2D eigenvalue weighted by atomic mass is 10.0. The van der Waals surface area contributed by atoms with Gasteiger partial charge in [-0.25, -0.2) is 0 Å². The quantitative estimate of drug-likeness (QED) is 0.484. The first-order valence-corrected chi connectivity index (χ1v) is 5.57. The summed E-state index contributed by atoms with van der Waals surface area (Å²) in [5.41, 5.74) is -2.91. The lowest BCUT2D eigenvalue weighted by Gasteiger charge is -2.15. The van der Waals surface area contributed by atoms with Gasteiger partial charge in [0.25, 0.3) is 5.69 Å². The van der Waals surface area contributed by atoms with Crippen LogP contribution in [0.2, 0.25) is 0 Å². The van der Waals surface area contributed by atoms with Gasteiger partial charge in [0.05, 0.1) is 9.75 Å². The van der Waals surface area contributed by atoms with E-state index in [1.807, 2.05) is 0 Å². The first-order valence-electron chi connectivity index (χ1n) is 4.65. The summed E-state index contributed by atoms with van der Waals surface area (Å²) in [6, 6.07) is 2.91. The van der Waals surface area contributed by atoms with Gasteiger partial charge in [-0.05, 0) is 12.5 Å². The lowest BCUT2D eigenvalue weighted by Crippen LogP contribution is -2.15. The summed E-state index contributed by atoms with van der Waals surface area (Å²) >= 11 is 2.80. The number of Topliss-reactive ketones (excluding diaryl/α,β-unsaturated/α-hetero) is 1. The minimum absolute atomic E-state index is 0.454. The van der Waals surface area contributed by atoms with E-state index in [9.17, 15) is 28.1 Å². The monoisotopic (exact) mass is 325 g/mol. The van der Waals surface area contributed by atoms with E-state index >= 15 is 0 Å². The molecule has 0 aliphatic carbocycles. The van der Waals surface area contributed by atoms with Crippen molar-refractivity contribution in [2.45, 2.75) is 17.9 Å². The number of carbonyl (C=O) groups excluding carboxylic acids is 1. The minimum atomic E-state index is -4.90. The number of benzene rings is 1. The summed E-state index contributed by atoms with van der Waals surface area (Å²) in [4.78, 5) is 19.4. The Morgan fingerprint density at radius 3 is 2.39 bits per heavy atom. The fourth-order valence-corrected chi connectivity index (χ4v) is 1.83. The van der Waals surface area contributed by atoms with Crippen molar-refractivity contribution in [3.63, 3.8) is 0 Å². The molecule has 0 saturated carbocycles. The molecule has 0 heterocycles. The van der Waals surface area contributed by atoms with Gasteiger partial charge >= 0.3 is 6.18 Å². The van der Waals surface area contributed by atoms with Gasteiger partial charge in [-0.1, -0.05) is 28.1 Å². The second-order valence-corrected chi connectivity index (χ2v) is 4.39. The number of alkyl halides is 4. The Morgan fingerprint density at radius 1 is 1.44 bits per heavy atom. The van der Waals surface area contributed by atoms with Gasteiger partial charge in [0, 0.05) is 6.07 Å². The molecule has 1 unspecified atom stereocenters. The van der Waals surface area contributed by atoms with Crippen molar-refractivity contribution in [1.82, 2.24) is 0 Å². The second kappa shape index (κ2) is 5.05. The highest BCUT2D eigenvalue weighted by molar-refractivity contribution is 9.09. The lowest BCUT2D eigenvalue weighted by molar-refractivity contribution is -0.388. The molecule has 0 amide bonds. The maximum atomic E-state index is 12.9. The first-order chi connectivity index (χ1) is 8.16. The number of carbonyl (C=O) groups is 1. The fourth-order valence-electron chi connectivity index (χ4n) is 1.45. The van der Waals surface area contributed by atoms with Crippen LogP contribution in [0.25, 0.3) is 0 Å². The van der Waals surface area contributed by atoms with Crippen molar-refractivity contribution in [3.05, 3.63) is 39.4 Å². The highest BCUT2D eigenvalue weighted by Gasteiger charge is 2.42. The predicted octanol–water partition coefficient (Wildman–Crippen LogP) is 3.64. The van der Waals surface area contributed by atoms with Crippen LogP contribution in [0.1, 0.15) is 22.9 Å². The molecule has 4 nitrogen and oxygen atoms in total. The third kappa shape index (κ3) is 2.87. The van der Waals surface area contributed by atoms with E-state index in [0.29, 0.717) is 0 Å². The molecule has 8 heteroatoms. The maximum absolute atomic E-state index is 12.9. The molecule has 0 fully saturated rings. The van der Waals surface area contributed by atoms with Gasteiger partial charge in [-0.3, -0.25) is 14.9 Å². The Balaban J connectivity index is 3.58. The standard InChI is InChI=1S/C10H7BrF3NO3/c1-5(16)9(11)6-3-2-4-7(15(17)18)8(6)10(12,13)14/h2-4,9H,1H3. The van der Waals surface area contributed by atoms with Crippen molar-refractivity contribution < 1.29 is 22.9 Å². The minimum Gasteiger partial charge on any atom is -0.298 e. The number of nitro benzene ring substituents is 1. The van der Waals surface area contributed by atoms with Crippen LogP contribution in [0, 0.1) is 10.1 Å². The Kier molecular flexibility index (Phi) is 4.10. The number of nitro groups is 1. The van der Waals surface area contributed by atoms with Crippen molar-refractivity contribution in [2.24, 2.45) is 0 Å². The van der Waals surface area contributed by atoms with Gasteiger partial charge in [-0.2, -0.15) is 13.2 Å². The van der Waals surface area contributed by atoms with Crippen molar-refractivity contribution in [3.8, 4) is 0 Å². The number of hydrogen-bond acceptors (Lipinski definition) is 3. The number of nitrogens with zero attached hydrogens (tertiary/aromatic N) is 1. The molecule has 1 aromatic rings. The van der Waals surface area contributed by atoms with Crippen LogP contribution < -0.4 is 0 Å². The van der Waals surface area contributed by atoms with Crippen LogP contribution in [0.3, 0.4) is 0 Å². The van der Waals surface area contributed by atoms with Gasteiger partial charge < -0.3 is 0 Å². The average Bonchev–Trinajstić information content (AvgIpc) is 2.25. The zero-order valence-electron chi connectivity index (χ0n) is 8.99. The maximum Gasteiger partial charge on any atom is 0.423 e. The SMILES string of the molecule is CC(=O)C(Br)c1cccc([N+](=O)[O-])c1C(F)(F)F. The molecule has 0 aliphatic rings. The predicted molar refractivity (Wildman–Crippen MR) is 60.4 cm³/mol. The van der Waals surface area contributed by atoms with Crippen LogP contribution >= 0.6 is 15.9 Å². The smallest absolute Gasteiger partial charge is 0.298 e. The Morgan fingerprint density at radius 2 is 2.00 bits per heavy atom. The molecule has 0 aliphatic heterocycles. The second-order valence-electron chi connectivity index (χ2n) is 3.47. The Bertz CT molecular complexity index is 502. The van der Waals surface area contributed by atoms with E-state index in [1.54, 1.807) is 0 Å². The summed E-state index contributed by atoms with van der Waals surface area (Å²) < 4.78 is 38.6. The number of rotatable bonds is 3. The zero-order valence-corrected chi connectivity index (χ0v) is 10.6. The number of halogens is 4. The molecule has 0 spiro atoms. The molecule has 98 valence electrons.